The first-order valence-corrected chi connectivity index (χ1v) is 7.11. The fourth-order valence-corrected chi connectivity index (χ4v) is 2.68. The Morgan fingerprint density at radius 1 is 1.16 bits per heavy atom. The van der Waals surface area contributed by atoms with E-state index < -0.39 is 4.92 Å². The first-order valence-electron chi connectivity index (χ1n) is 5.22. The van der Waals surface area contributed by atoms with Crippen LogP contribution in [0.3, 0.4) is 0 Å². The maximum atomic E-state index is 10.7. The second kappa shape index (κ2) is 6.04. The minimum atomic E-state index is -0.544. The van der Waals surface area contributed by atoms with E-state index in [1.165, 1.54) is 17.8 Å². The Morgan fingerprint density at radius 2 is 1.79 bits per heavy atom. The molecule has 0 saturated carbocycles. The molecule has 0 bridgehead atoms. The van der Waals surface area contributed by atoms with Crippen LogP contribution in [0, 0.1) is 25.0 Å². The predicted octanol–water partition coefficient (Wildman–Crippen LogP) is 4.22. The smallest absolute Gasteiger partial charge is 0.258 e. The lowest BCUT2D eigenvalue weighted by Crippen LogP contribution is -1.92. The Balaban J connectivity index is 2.29. The Kier molecular flexibility index (Phi) is 4.39. The fraction of sp³-hybridized carbons (Fsp3) is 0. The predicted molar refractivity (Wildman–Crippen MR) is 81.1 cm³/mol. The number of benzene rings is 2. The van der Waals surface area contributed by atoms with Crippen molar-refractivity contribution in [2.45, 2.75) is 9.79 Å². The van der Waals surface area contributed by atoms with Crippen molar-refractivity contribution >= 4 is 40.0 Å². The van der Waals surface area contributed by atoms with Gasteiger partial charge >= 0.3 is 0 Å². The van der Waals surface area contributed by atoms with Gasteiger partial charge in [-0.05, 0) is 59.0 Å². The number of nitro benzene ring substituents is 1. The van der Waals surface area contributed by atoms with Crippen LogP contribution in [-0.2, 0) is 0 Å². The highest BCUT2D eigenvalue weighted by atomic mass is 127. The lowest BCUT2D eigenvalue weighted by Gasteiger charge is -2.02. The maximum Gasteiger partial charge on any atom is 0.287 e. The van der Waals surface area contributed by atoms with Crippen molar-refractivity contribution in [3.63, 3.8) is 0 Å². The highest BCUT2D eigenvalue weighted by molar-refractivity contribution is 14.1. The lowest BCUT2D eigenvalue weighted by atomic mass is 10.2. The fourth-order valence-electron chi connectivity index (χ4n) is 1.47. The summed E-state index contributed by atoms with van der Waals surface area (Å²) in [5.41, 5.74) is -0.0741. The Labute approximate surface area is 127 Å². The third-order valence-corrected chi connectivity index (χ3v) is 4.05. The van der Waals surface area contributed by atoms with Crippen LogP contribution in [0.5, 0.6) is 0 Å². The van der Waals surface area contributed by atoms with E-state index in [9.17, 15) is 10.1 Å². The molecular formula is C13H7IN2O2S. The zero-order chi connectivity index (χ0) is 13.8. The third-order valence-electron chi connectivity index (χ3n) is 2.33. The van der Waals surface area contributed by atoms with Gasteiger partial charge in [-0.25, -0.2) is 0 Å². The van der Waals surface area contributed by atoms with Gasteiger partial charge in [-0.3, -0.25) is 10.1 Å². The molecule has 0 fully saturated rings. The molecule has 19 heavy (non-hydrogen) atoms. The second-order valence-corrected chi connectivity index (χ2v) is 6.00. The number of nitro groups is 1. The molecule has 2 aromatic carbocycles. The van der Waals surface area contributed by atoms with Gasteiger partial charge in [0.2, 0.25) is 0 Å². The van der Waals surface area contributed by atoms with E-state index in [1.807, 2.05) is 30.3 Å². The molecule has 0 aliphatic rings. The summed E-state index contributed by atoms with van der Waals surface area (Å²) in [6, 6.07) is 14.3. The average Bonchev–Trinajstić information content (AvgIpc) is 2.41. The van der Waals surface area contributed by atoms with Crippen molar-refractivity contribution in [2.24, 2.45) is 0 Å². The third kappa shape index (κ3) is 3.45. The normalized spacial score (nSPS) is 9.89. The van der Waals surface area contributed by atoms with Gasteiger partial charge in [-0.1, -0.05) is 11.8 Å². The van der Waals surface area contributed by atoms with Crippen molar-refractivity contribution in [1.29, 1.82) is 5.26 Å². The summed E-state index contributed by atoms with van der Waals surface area (Å²) in [5, 5.41) is 19.7. The molecule has 0 N–H and O–H groups in total. The molecule has 0 saturated heterocycles. The summed E-state index contributed by atoms with van der Waals surface area (Å²) in [4.78, 5) is 12.0. The Hall–Kier alpha value is -1.59. The van der Waals surface area contributed by atoms with Gasteiger partial charge in [0.05, 0.1) is 4.92 Å². The highest BCUT2D eigenvalue weighted by Crippen LogP contribution is 2.31. The van der Waals surface area contributed by atoms with Crippen LogP contribution in [0.4, 0.5) is 5.69 Å². The SMILES string of the molecule is N#Cc1cc(Sc2ccc(I)cc2)ccc1[N+](=O)[O-]. The molecule has 94 valence electrons. The molecule has 2 aromatic rings. The van der Waals surface area contributed by atoms with Gasteiger partial charge in [0.25, 0.3) is 5.69 Å². The summed E-state index contributed by atoms with van der Waals surface area (Å²) in [6.45, 7) is 0. The maximum absolute atomic E-state index is 10.7. The first kappa shape index (κ1) is 13.8. The van der Waals surface area contributed by atoms with Gasteiger partial charge < -0.3 is 0 Å². The molecule has 0 amide bonds. The van der Waals surface area contributed by atoms with Crippen LogP contribution in [0.1, 0.15) is 5.56 Å². The zero-order valence-electron chi connectivity index (χ0n) is 9.54. The molecule has 0 unspecified atom stereocenters. The number of nitrogens with zero attached hydrogens (tertiary/aromatic N) is 2. The van der Waals surface area contributed by atoms with Crippen LogP contribution in [0.2, 0.25) is 0 Å². The first-order chi connectivity index (χ1) is 9.10. The van der Waals surface area contributed by atoms with E-state index in [2.05, 4.69) is 22.6 Å². The molecule has 4 nitrogen and oxygen atoms in total. The van der Waals surface area contributed by atoms with E-state index in [1.54, 1.807) is 12.1 Å². The van der Waals surface area contributed by atoms with Gasteiger partial charge in [0.15, 0.2) is 0 Å². The molecule has 6 heteroatoms. The van der Waals surface area contributed by atoms with Crippen molar-refractivity contribution in [2.75, 3.05) is 0 Å². The van der Waals surface area contributed by atoms with E-state index in [-0.39, 0.29) is 11.3 Å². The van der Waals surface area contributed by atoms with Gasteiger partial charge in [-0.15, -0.1) is 0 Å². The zero-order valence-corrected chi connectivity index (χ0v) is 12.5. The Morgan fingerprint density at radius 3 is 2.37 bits per heavy atom. The average molecular weight is 382 g/mol. The minimum Gasteiger partial charge on any atom is -0.258 e. The summed E-state index contributed by atoms with van der Waals surface area (Å²) >= 11 is 3.69. The van der Waals surface area contributed by atoms with Crippen LogP contribution in [0.25, 0.3) is 0 Å². The van der Waals surface area contributed by atoms with Crippen molar-refractivity contribution < 1.29 is 4.92 Å². The highest BCUT2D eigenvalue weighted by Gasteiger charge is 2.13. The van der Waals surface area contributed by atoms with Crippen LogP contribution in [0.15, 0.2) is 52.3 Å². The molecule has 0 radical (unpaired) electrons. The molecule has 0 aliphatic carbocycles. The van der Waals surface area contributed by atoms with Gasteiger partial charge in [-0.2, -0.15) is 5.26 Å². The molecular weight excluding hydrogens is 375 g/mol. The molecule has 0 atom stereocenters. The van der Waals surface area contributed by atoms with Crippen molar-refractivity contribution in [1.82, 2.24) is 0 Å². The van der Waals surface area contributed by atoms with Gasteiger partial charge in [0, 0.05) is 19.4 Å². The van der Waals surface area contributed by atoms with E-state index in [0.29, 0.717) is 0 Å². The molecule has 0 aliphatic heterocycles. The second-order valence-electron chi connectivity index (χ2n) is 3.60. The number of hydrogen-bond donors (Lipinski definition) is 0. The summed E-state index contributed by atoms with van der Waals surface area (Å²) < 4.78 is 1.14. The van der Waals surface area contributed by atoms with Crippen molar-refractivity contribution in [3.05, 3.63) is 61.7 Å². The quantitative estimate of drug-likeness (QED) is 0.453. The molecule has 2 rings (SSSR count). The molecule has 0 spiro atoms. The van der Waals surface area contributed by atoms with Gasteiger partial charge in [0.1, 0.15) is 11.6 Å². The van der Waals surface area contributed by atoms with Crippen LogP contribution >= 0.6 is 34.4 Å². The van der Waals surface area contributed by atoms with E-state index in [0.717, 1.165) is 13.4 Å². The lowest BCUT2D eigenvalue weighted by molar-refractivity contribution is -0.385. The monoisotopic (exact) mass is 382 g/mol. The summed E-state index contributed by atoms with van der Waals surface area (Å²) in [5.74, 6) is 0. The van der Waals surface area contributed by atoms with Crippen LogP contribution < -0.4 is 0 Å². The van der Waals surface area contributed by atoms with E-state index in [4.69, 9.17) is 5.26 Å². The van der Waals surface area contributed by atoms with Crippen molar-refractivity contribution in [3.8, 4) is 6.07 Å². The largest absolute Gasteiger partial charge is 0.287 e. The van der Waals surface area contributed by atoms with Crippen LogP contribution in [-0.4, -0.2) is 4.92 Å². The number of rotatable bonds is 3. The summed E-state index contributed by atoms with van der Waals surface area (Å²) in [6.07, 6.45) is 0. The topological polar surface area (TPSA) is 66.9 Å². The van der Waals surface area contributed by atoms with E-state index >= 15 is 0 Å². The minimum absolute atomic E-state index is 0.0838. The Bertz CT molecular complexity index is 665. The molecule has 0 heterocycles. The number of halogens is 1. The molecule has 0 aromatic heterocycles. The summed E-state index contributed by atoms with van der Waals surface area (Å²) in [7, 11) is 0. The standard InChI is InChI=1S/C13H7IN2O2S/c14-10-1-3-11(4-2-10)19-12-5-6-13(16(17)18)9(7-12)8-15/h1-7H. The number of hydrogen-bond acceptors (Lipinski definition) is 4. The number of nitriles is 1.